The standard InChI is InChI=1S/C20H43N.C6H10O2.BrH/c1-4-5-6-7-8-9-10-11-12-13-14-15-16-17-18-19-20-21(2)3;1-3-4-5(2)6(7)8;/h4-20H2,1-3H3;4H,3H2,1-2H3,(H,7,8);1H. The molecular weight excluding hydrogens is 438 g/mol. The van der Waals surface area contributed by atoms with Gasteiger partial charge in [0.15, 0.2) is 0 Å². The molecule has 0 aromatic heterocycles. The van der Waals surface area contributed by atoms with Crippen molar-refractivity contribution in [3.05, 3.63) is 11.6 Å². The van der Waals surface area contributed by atoms with Gasteiger partial charge >= 0.3 is 5.97 Å². The summed E-state index contributed by atoms with van der Waals surface area (Å²) in [6.07, 6.45) is 25.8. The van der Waals surface area contributed by atoms with E-state index < -0.39 is 5.97 Å². The molecule has 0 fully saturated rings. The molecule has 3 nitrogen and oxygen atoms in total. The minimum absolute atomic E-state index is 0. The molecule has 0 bridgehead atoms. The van der Waals surface area contributed by atoms with Crippen molar-refractivity contribution in [2.75, 3.05) is 20.6 Å². The second kappa shape index (κ2) is 28.6. The van der Waals surface area contributed by atoms with Gasteiger partial charge in [-0.2, -0.15) is 0 Å². The number of unbranched alkanes of at least 4 members (excludes halogenated alkanes) is 15. The van der Waals surface area contributed by atoms with Crippen molar-refractivity contribution in [1.29, 1.82) is 0 Å². The monoisotopic (exact) mass is 491 g/mol. The molecule has 0 saturated carbocycles. The normalized spacial score (nSPS) is 11.1. The Morgan fingerprint density at radius 1 is 0.700 bits per heavy atom. The Balaban J connectivity index is -0.000000686. The van der Waals surface area contributed by atoms with E-state index in [1.54, 1.807) is 13.0 Å². The average Bonchev–Trinajstić information content (AvgIpc) is 2.68. The summed E-state index contributed by atoms with van der Waals surface area (Å²) in [6.45, 7) is 7.06. The van der Waals surface area contributed by atoms with Crippen molar-refractivity contribution in [3.63, 3.8) is 0 Å². The number of rotatable bonds is 19. The third kappa shape index (κ3) is 32.3. The summed E-state index contributed by atoms with van der Waals surface area (Å²) in [5.41, 5.74) is 0.424. The highest BCUT2D eigenvalue weighted by Gasteiger charge is 1.96. The highest BCUT2D eigenvalue weighted by molar-refractivity contribution is 8.93. The molecule has 0 aliphatic rings. The first-order valence-corrected chi connectivity index (χ1v) is 12.5. The summed E-state index contributed by atoms with van der Waals surface area (Å²) < 4.78 is 0. The average molecular weight is 493 g/mol. The lowest BCUT2D eigenvalue weighted by Crippen LogP contribution is -2.12. The van der Waals surface area contributed by atoms with Crippen molar-refractivity contribution < 1.29 is 9.90 Å². The van der Waals surface area contributed by atoms with E-state index in [2.05, 4.69) is 25.9 Å². The Morgan fingerprint density at radius 2 is 1.03 bits per heavy atom. The van der Waals surface area contributed by atoms with Gasteiger partial charge in [0, 0.05) is 5.57 Å². The van der Waals surface area contributed by atoms with Crippen LogP contribution in [0.3, 0.4) is 0 Å². The molecule has 0 heterocycles. The van der Waals surface area contributed by atoms with E-state index in [0.717, 1.165) is 6.42 Å². The maximum Gasteiger partial charge on any atom is 0.330 e. The summed E-state index contributed by atoms with van der Waals surface area (Å²) in [5, 5.41) is 8.24. The van der Waals surface area contributed by atoms with Crippen LogP contribution in [-0.2, 0) is 4.79 Å². The van der Waals surface area contributed by atoms with Crippen molar-refractivity contribution in [1.82, 2.24) is 4.90 Å². The maximum atomic E-state index is 10.0. The minimum atomic E-state index is -0.827. The number of carbonyl (C=O) groups is 1. The van der Waals surface area contributed by atoms with Crippen molar-refractivity contribution in [2.24, 2.45) is 0 Å². The van der Waals surface area contributed by atoms with Crippen LogP contribution < -0.4 is 0 Å². The molecule has 4 heteroatoms. The molecule has 182 valence electrons. The van der Waals surface area contributed by atoms with Gasteiger partial charge in [-0.15, -0.1) is 17.0 Å². The lowest BCUT2D eigenvalue weighted by atomic mass is 10.0. The molecule has 0 aliphatic carbocycles. The highest BCUT2D eigenvalue weighted by atomic mass is 79.9. The Bertz CT molecular complexity index is 370. The van der Waals surface area contributed by atoms with E-state index >= 15 is 0 Å². The number of halogens is 1. The molecule has 0 rings (SSSR count). The van der Waals surface area contributed by atoms with E-state index in [0.29, 0.717) is 5.57 Å². The fraction of sp³-hybridized carbons (Fsp3) is 0.885. The molecule has 0 aromatic rings. The first-order valence-electron chi connectivity index (χ1n) is 12.5. The van der Waals surface area contributed by atoms with Gasteiger partial charge in [0.1, 0.15) is 0 Å². The van der Waals surface area contributed by atoms with Crippen LogP contribution in [0.15, 0.2) is 11.6 Å². The zero-order valence-electron chi connectivity index (χ0n) is 21.0. The molecule has 30 heavy (non-hydrogen) atoms. The van der Waals surface area contributed by atoms with Gasteiger partial charge in [-0.1, -0.05) is 116 Å². The zero-order valence-corrected chi connectivity index (χ0v) is 22.7. The topological polar surface area (TPSA) is 40.5 Å². The summed E-state index contributed by atoms with van der Waals surface area (Å²) >= 11 is 0. The molecule has 0 saturated heterocycles. The first-order chi connectivity index (χ1) is 14.0. The zero-order chi connectivity index (χ0) is 22.2. The van der Waals surface area contributed by atoms with E-state index in [-0.39, 0.29) is 17.0 Å². The van der Waals surface area contributed by atoms with Gasteiger partial charge in [-0.25, -0.2) is 4.79 Å². The predicted octanol–water partition coefficient (Wildman–Crippen LogP) is 8.81. The SMILES string of the molecule is Br.CCC=C(C)C(=O)O.CCCCCCCCCCCCCCCCCCN(C)C. The largest absolute Gasteiger partial charge is 0.478 e. The van der Waals surface area contributed by atoms with Gasteiger partial charge in [-0.3, -0.25) is 0 Å². The number of hydrogen-bond donors (Lipinski definition) is 1. The van der Waals surface area contributed by atoms with Crippen LogP contribution in [0.2, 0.25) is 0 Å². The van der Waals surface area contributed by atoms with Crippen LogP contribution in [0.25, 0.3) is 0 Å². The van der Waals surface area contributed by atoms with E-state index in [4.69, 9.17) is 5.11 Å². The molecular formula is C26H54BrNO2. The molecule has 1 N–H and O–H groups in total. The number of carboxylic acids is 1. The van der Waals surface area contributed by atoms with Crippen LogP contribution in [0.4, 0.5) is 0 Å². The van der Waals surface area contributed by atoms with Crippen molar-refractivity contribution in [2.45, 2.75) is 130 Å². The number of carboxylic acid groups (broad SMARTS) is 1. The predicted molar refractivity (Wildman–Crippen MR) is 140 cm³/mol. The fourth-order valence-corrected chi connectivity index (χ4v) is 3.37. The summed E-state index contributed by atoms with van der Waals surface area (Å²) in [4.78, 5) is 12.3. The van der Waals surface area contributed by atoms with Crippen LogP contribution in [0.1, 0.15) is 130 Å². The molecule has 0 unspecified atom stereocenters. The van der Waals surface area contributed by atoms with Crippen molar-refractivity contribution >= 4 is 23.0 Å². The van der Waals surface area contributed by atoms with Crippen LogP contribution in [0.5, 0.6) is 0 Å². The maximum absolute atomic E-state index is 10.0. The van der Waals surface area contributed by atoms with Gasteiger partial charge in [0.2, 0.25) is 0 Å². The van der Waals surface area contributed by atoms with Crippen LogP contribution in [0, 0.1) is 0 Å². The lowest BCUT2D eigenvalue weighted by Gasteiger charge is -2.08. The van der Waals surface area contributed by atoms with Gasteiger partial charge < -0.3 is 10.0 Å². The van der Waals surface area contributed by atoms with Crippen LogP contribution in [-0.4, -0.2) is 36.6 Å². The van der Waals surface area contributed by atoms with Gasteiger partial charge in [0.25, 0.3) is 0 Å². The molecule has 0 amide bonds. The lowest BCUT2D eigenvalue weighted by molar-refractivity contribution is -0.132. The highest BCUT2D eigenvalue weighted by Crippen LogP contribution is 2.13. The number of nitrogens with zero attached hydrogens (tertiary/aromatic N) is 1. The fourth-order valence-electron chi connectivity index (χ4n) is 3.37. The third-order valence-electron chi connectivity index (χ3n) is 5.31. The first kappa shape index (κ1) is 34.3. The minimum Gasteiger partial charge on any atom is -0.478 e. The van der Waals surface area contributed by atoms with E-state index in [9.17, 15) is 4.79 Å². The third-order valence-corrected chi connectivity index (χ3v) is 5.31. The Kier molecular flexibility index (Phi) is 32.7. The second-order valence-corrected chi connectivity index (χ2v) is 8.71. The van der Waals surface area contributed by atoms with E-state index in [1.165, 1.54) is 109 Å². The summed E-state index contributed by atoms with van der Waals surface area (Å²) in [7, 11) is 4.34. The molecule has 0 aromatic carbocycles. The number of hydrogen-bond acceptors (Lipinski definition) is 2. The van der Waals surface area contributed by atoms with Gasteiger partial charge in [0.05, 0.1) is 0 Å². The summed E-state index contributed by atoms with van der Waals surface area (Å²) in [5.74, 6) is -0.827. The number of aliphatic carboxylic acids is 1. The smallest absolute Gasteiger partial charge is 0.330 e. The molecule has 0 spiro atoms. The molecule has 0 atom stereocenters. The molecule has 0 aliphatic heterocycles. The Labute approximate surface area is 199 Å². The van der Waals surface area contributed by atoms with E-state index in [1.807, 2.05) is 6.92 Å². The second-order valence-electron chi connectivity index (χ2n) is 8.71. The summed E-state index contributed by atoms with van der Waals surface area (Å²) in [6, 6.07) is 0. The Hall–Kier alpha value is -0.350. The van der Waals surface area contributed by atoms with Crippen molar-refractivity contribution in [3.8, 4) is 0 Å². The quantitative estimate of drug-likeness (QED) is 0.145. The van der Waals surface area contributed by atoms with Gasteiger partial charge in [-0.05, 0) is 40.4 Å². The molecule has 0 radical (unpaired) electrons. The number of allylic oxidation sites excluding steroid dienone is 1. The van der Waals surface area contributed by atoms with Crippen LogP contribution >= 0.6 is 17.0 Å². The Morgan fingerprint density at radius 3 is 1.27 bits per heavy atom.